The van der Waals surface area contributed by atoms with E-state index < -0.39 is 0 Å². The SMILES string of the molecule is CN(C)c1cncc(OC2CCN(C(=O)c3ncn[nH]3)C2)n1. The maximum absolute atomic E-state index is 12.2. The summed E-state index contributed by atoms with van der Waals surface area (Å²) in [7, 11) is 3.78. The van der Waals surface area contributed by atoms with E-state index in [-0.39, 0.29) is 17.8 Å². The van der Waals surface area contributed by atoms with Gasteiger partial charge >= 0.3 is 0 Å². The van der Waals surface area contributed by atoms with Crippen molar-refractivity contribution in [3.8, 4) is 5.88 Å². The van der Waals surface area contributed by atoms with Crippen LogP contribution in [0.2, 0.25) is 0 Å². The third-order valence-corrected chi connectivity index (χ3v) is 3.40. The summed E-state index contributed by atoms with van der Waals surface area (Å²) >= 11 is 0. The second-order valence-corrected chi connectivity index (χ2v) is 5.22. The Bertz CT molecular complexity index is 644. The lowest BCUT2D eigenvalue weighted by molar-refractivity contribution is 0.0759. The predicted octanol–water partition coefficient (Wildman–Crippen LogP) is -0.0458. The first kappa shape index (κ1) is 14.2. The highest BCUT2D eigenvalue weighted by atomic mass is 16.5. The zero-order valence-electron chi connectivity index (χ0n) is 12.4. The molecule has 0 radical (unpaired) electrons. The minimum atomic E-state index is -0.170. The lowest BCUT2D eigenvalue weighted by atomic mass is 10.3. The molecule has 3 rings (SSSR count). The van der Waals surface area contributed by atoms with Crippen LogP contribution < -0.4 is 9.64 Å². The van der Waals surface area contributed by atoms with Gasteiger partial charge in [0.25, 0.3) is 5.91 Å². The van der Waals surface area contributed by atoms with Crippen LogP contribution >= 0.6 is 0 Å². The molecular formula is C13H17N7O2. The molecule has 9 heteroatoms. The van der Waals surface area contributed by atoms with Crippen molar-refractivity contribution in [2.24, 2.45) is 0 Å². The molecule has 1 aliphatic heterocycles. The highest BCUT2D eigenvalue weighted by Gasteiger charge is 2.29. The Morgan fingerprint density at radius 3 is 3.05 bits per heavy atom. The van der Waals surface area contributed by atoms with Crippen molar-refractivity contribution < 1.29 is 9.53 Å². The van der Waals surface area contributed by atoms with Crippen LogP contribution in [0.25, 0.3) is 0 Å². The summed E-state index contributed by atoms with van der Waals surface area (Å²) in [5, 5.41) is 6.27. The topological polar surface area (TPSA) is 100 Å². The molecule has 9 nitrogen and oxygen atoms in total. The van der Waals surface area contributed by atoms with Crippen molar-refractivity contribution in [1.29, 1.82) is 0 Å². The van der Waals surface area contributed by atoms with E-state index in [9.17, 15) is 4.79 Å². The third kappa shape index (κ3) is 2.97. The quantitative estimate of drug-likeness (QED) is 0.845. The molecule has 0 aromatic carbocycles. The van der Waals surface area contributed by atoms with E-state index >= 15 is 0 Å². The van der Waals surface area contributed by atoms with Crippen molar-refractivity contribution in [2.45, 2.75) is 12.5 Å². The van der Waals surface area contributed by atoms with Crippen molar-refractivity contribution >= 4 is 11.7 Å². The normalized spacial score (nSPS) is 17.5. The van der Waals surface area contributed by atoms with Gasteiger partial charge < -0.3 is 14.5 Å². The van der Waals surface area contributed by atoms with Gasteiger partial charge in [0.05, 0.1) is 18.9 Å². The minimum absolute atomic E-state index is 0.0985. The molecule has 1 saturated heterocycles. The fraction of sp³-hybridized carbons (Fsp3) is 0.462. The molecule has 2 aromatic rings. The van der Waals surface area contributed by atoms with Crippen LogP contribution in [-0.4, -0.2) is 69.2 Å². The van der Waals surface area contributed by atoms with Crippen LogP contribution in [0, 0.1) is 0 Å². The first-order valence-corrected chi connectivity index (χ1v) is 6.94. The Hall–Kier alpha value is -2.71. The van der Waals surface area contributed by atoms with Gasteiger partial charge in [-0.1, -0.05) is 0 Å². The maximum atomic E-state index is 12.2. The van der Waals surface area contributed by atoms with Gasteiger partial charge in [-0.3, -0.25) is 14.9 Å². The number of nitrogens with one attached hydrogen (secondary N) is 1. The summed E-state index contributed by atoms with van der Waals surface area (Å²) in [6.45, 7) is 1.11. The Balaban J connectivity index is 1.61. The van der Waals surface area contributed by atoms with Crippen molar-refractivity contribution in [3.05, 3.63) is 24.5 Å². The zero-order chi connectivity index (χ0) is 15.5. The molecule has 1 amide bonds. The standard InChI is InChI=1S/C13H17N7O2/c1-19(2)10-5-14-6-11(17-10)22-9-3-4-20(7-9)13(21)12-15-8-16-18-12/h5-6,8-9H,3-4,7H2,1-2H3,(H,15,16,18). The lowest BCUT2D eigenvalue weighted by Gasteiger charge is -2.16. The molecule has 1 atom stereocenters. The lowest BCUT2D eigenvalue weighted by Crippen LogP contribution is -2.31. The average Bonchev–Trinajstić information content (AvgIpc) is 3.18. The van der Waals surface area contributed by atoms with Gasteiger partial charge in [-0.25, -0.2) is 4.98 Å². The molecule has 22 heavy (non-hydrogen) atoms. The molecule has 1 N–H and O–H groups in total. The van der Waals surface area contributed by atoms with Crippen LogP contribution in [0.15, 0.2) is 18.7 Å². The number of anilines is 1. The highest BCUT2D eigenvalue weighted by Crippen LogP contribution is 2.18. The van der Waals surface area contributed by atoms with Crippen LogP contribution in [0.4, 0.5) is 5.82 Å². The summed E-state index contributed by atoms with van der Waals surface area (Å²) in [6.07, 6.45) is 5.21. The molecule has 2 aromatic heterocycles. The molecule has 1 aliphatic rings. The van der Waals surface area contributed by atoms with Gasteiger partial charge in [-0.2, -0.15) is 10.1 Å². The van der Waals surface area contributed by atoms with Gasteiger partial charge in [0.1, 0.15) is 12.4 Å². The Morgan fingerprint density at radius 2 is 2.32 bits per heavy atom. The number of carbonyl (C=O) groups excluding carboxylic acids is 1. The number of amides is 1. The smallest absolute Gasteiger partial charge is 0.291 e. The summed E-state index contributed by atoms with van der Waals surface area (Å²) in [5.41, 5.74) is 0. The largest absolute Gasteiger partial charge is 0.471 e. The molecule has 0 saturated carbocycles. The van der Waals surface area contributed by atoms with Crippen molar-refractivity contribution in [1.82, 2.24) is 30.0 Å². The van der Waals surface area contributed by atoms with Crippen LogP contribution in [-0.2, 0) is 0 Å². The van der Waals surface area contributed by atoms with E-state index in [0.717, 1.165) is 12.2 Å². The first-order valence-electron chi connectivity index (χ1n) is 6.94. The monoisotopic (exact) mass is 303 g/mol. The molecule has 116 valence electrons. The van der Waals surface area contributed by atoms with E-state index in [1.54, 1.807) is 17.3 Å². The fourth-order valence-corrected chi connectivity index (χ4v) is 2.25. The van der Waals surface area contributed by atoms with Gasteiger partial charge in [0.2, 0.25) is 11.7 Å². The summed E-state index contributed by atoms with van der Waals surface area (Å²) in [4.78, 5) is 28.0. The fourth-order valence-electron chi connectivity index (χ4n) is 2.25. The second kappa shape index (κ2) is 5.96. The van der Waals surface area contributed by atoms with Gasteiger partial charge in [0.15, 0.2) is 5.82 Å². The maximum Gasteiger partial charge on any atom is 0.291 e. The molecular weight excluding hydrogens is 286 g/mol. The van der Waals surface area contributed by atoms with E-state index in [4.69, 9.17) is 4.74 Å². The van der Waals surface area contributed by atoms with E-state index in [2.05, 4.69) is 25.1 Å². The summed E-state index contributed by atoms with van der Waals surface area (Å²) < 4.78 is 5.82. The minimum Gasteiger partial charge on any atom is -0.471 e. The molecule has 1 unspecified atom stereocenters. The van der Waals surface area contributed by atoms with Gasteiger partial charge in [-0.05, 0) is 0 Å². The molecule has 1 fully saturated rings. The summed E-state index contributed by atoms with van der Waals surface area (Å²) in [5.74, 6) is 1.27. The molecule has 0 aliphatic carbocycles. The average molecular weight is 303 g/mol. The number of hydrogen-bond donors (Lipinski definition) is 1. The Morgan fingerprint density at radius 1 is 1.45 bits per heavy atom. The van der Waals surface area contributed by atoms with Gasteiger partial charge in [0, 0.05) is 27.1 Å². The van der Waals surface area contributed by atoms with Crippen LogP contribution in [0.1, 0.15) is 17.0 Å². The third-order valence-electron chi connectivity index (χ3n) is 3.40. The Kier molecular flexibility index (Phi) is 3.86. The molecule has 0 bridgehead atoms. The number of hydrogen-bond acceptors (Lipinski definition) is 7. The van der Waals surface area contributed by atoms with Crippen molar-refractivity contribution in [3.63, 3.8) is 0 Å². The van der Waals surface area contributed by atoms with Gasteiger partial charge in [-0.15, -0.1) is 0 Å². The van der Waals surface area contributed by atoms with Crippen molar-refractivity contribution in [2.75, 3.05) is 32.1 Å². The summed E-state index contributed by atoms with van der Waals surface area (Å²) in [6, 6.07) is 0. The predicted molar refractivity (Wildman–Crippen MR) is 77.7 cm³/mol. The molecule has 0 spiro atoms. The number of carbonyl (C=O) groups is 1. The van der Waals surface area contributed by atoms with Crippen LogP contribution in [0.3, 0.4) is 0 Å². The second-order valence-electron chi connectivity index (χ2n) is 5.22. The van der Waals surface area contributed by atoms with Crippen LogP contribution in [0.5, 0.6) is 5.88 Å². The first-order chi connectivity index (χ1) is 10.6. The highest BCUT2D eigenvalue weighted by molar-refractivity contribution is 5.90. The van der Waals surface area contributed by atoms with E-state index in [1.807, 2.05) is 19.0 Å². The molecule has 3 heterocycles. The number of nitrogens with zero attached hydrogens (tertiary/aromatic N) is 6. The number of likely N-dealkylation sites (tertiary alicyclic amines) is 1. The Labute approximate surface area is 127 Å². The number of rotatable bonds is 4. The number of aromatic amines is 1. The number of ether oxygens (including phenoxy) is 1. The van der Waals surface area contributed by atoms with E-state index in [1.165, 1.54) is 6.33 Å². The zero-order valence-corrected chi connectivity index (χ0v) is 12.4. The van der Waals surface area contributed by atoms with E-state index in [0.29, 0.717) is 19.0 Å². The number of aromatic nitrogens is 5. The number of H-pyrrole nitrogens is 1.